The zero-order valence-corrected chi connectivity index (χ0v) is 15.7. The summed E-state index contributed by atoms with van der Waals surface area (Å²) in [6.07, 6.45) is 0.527. The van der Waals surface area contributed by atoms with Gasteiger partial charge in [-0.3, -0.25) is 4.90 Å². The number of nitriles is 1. The first kappa shape index (κ1) is 20.1. The van der Waals surface area contributed by atoms with Gasteiger partial charge in [0.15, 0.2) is 0 Å². The second-order valence-corrected chi connectivity index (χ2v) is 7.06. The van der Waals surface area contributed by atoms with Crippen LogP contribution in [-0.4, -0.2) is 61.3 Å². The summed E-state index contributed by atoms with van der Waals surface area (Å²) < 4.78 is 5.32. The maximum Gasteiger partial charge on any atom is 0.109 e. The van der Waals surface area contributed by atoms with Gasteiger partial charge in [-0.05, 0) is 12.0 Å². The van der Waals surface area contributed by atoms with Gasteiger partial charge in [-0.2, -0.15) is 5.26 Å². The highest BCUT2D eigenvalue weighted by atomic mass is 35.5. The summed E-state index contributed by atoms with van der Waals surface area (Å²) in [7, 11) is 0. The van der Waals surface area contributed by atoms with E-state index in [-0.39, 0.29) is 12.4 Å². The number of rotatable bonds is 5. The number of hydrogen-bond donors (Lipinski definition) is 2. The fraction of sp³-hybridized carbons (Fsp3) is 0.500. The zero-order chi connectivity index (χ0) is 16.8. The summed E-state index contributed by atoms with van der Waals surface area (Å²) in [6, 6.07) is 10.5. The van der Waals surface area contributed by atoms with Crippen molar-refractivity contribution in [3.63, 3.8) is 0 Å². The van der Waals surface area contributed by atoms with Crippen molar-refractivity contribution >= 4 is 29.9 Å². The second kappa shape index (κ2) is 10.0. The van der Waals surface area contributed by atoms with Crippen LogP contribution in [0.1, 0.15) is 11.1 Å². The van der Waals surface area contributed by atoms with Crippen LogP contribution in [0.5, 0.6) is 0 Å². The van der Waals surface area contributed by atoms with E-state index >= 15 is 0 Å². The highest BCUT2D eigenvalue weighted by Gasteiger charge is 2.19. The summed E-state index contributed by atoms with van der Waals surface area (Å²) >= 11 is 1.44. The van der Waals surface area contributed by atoms with E-state index < -0.39 is 6.10 Å². The van der Waals surface area contributed by atoms with Crippen molar-refractivity contribution < 1.29 is 9.84 Å². The number of allylic oxidation sites excluding steroid dienone is 1. The van der Waals surface area contributed by atoms with Crippen LogP contribution in [0.4, 0.5) is 0 Å². The molecular formula is C18H24ClN3O2S. The number of nitrogens with one attached hydrogen (secondary N) is 1. The molecule has 2 aliphatic rings. The summed E-state index contributed by atoms with van der Waals surface area (Å²) in [6.45, 7) is 4.66. The smallest absolute Gasteiger partial charge is 0.109 e. The van der Waals surface area contributed by atoms with Gasteiger partial charge >= 0.3 is 0 Å². The molecule has 1 aromatic rings. The molecule has 1 saturated heterocycles. The average molecular weight is 382 g/mol. The van der Waals surface area contributed by atoms with E-state index in [4.69, 9.17) is 4.74 Å². The van der Waals surface area contributed by atoms with Crippen LogP contribution < -0.4 is 5.32 Å². The standard InChI is InChI=1S/C18H23N3O2S.ClH/c19-11-17(18-16-4-2-1-3-14(16)5-6-20-18)24-13-15(22)12-21-7-9-23-10-8-21;/h1-4,15,20,22H,5-10,12-13H2;1H. The van der Waals surface area contributed by atoms with Crippen molar-refractivity contribution in [2.24, 2.45) is 0 Å². The van der Waals surface area contributed by atoms with Crippen molar-refractivity contribution in [1.29, 1.82) is 5.26 Å². The number of thioether (sulfide) groups is 1. The number of ether oxygens (including phenoxy) is 1. The number of hydrogen-bond acceptors (Lipinski definition) is 6. The minimum Gasteiger partial charge on any atom is -0.391 e. The van der Waals surface area contributed by atoms with Gasteiger partial charge in [-0.15, -0.1) is 24.2 Å². The van der Waals surface area contributed by atoms with Crippen molar-refractivity contribution in [2.75, 3.05) is 45.1 Å². The number of benzene rings is 1. The molecule has 1 atom stereocenters. The summed E-state index contributed by atoms with van der Waals surface area (Å²) in [5, 5.41) is 23.2. The molecule has 2 heterocycles. The number of morpholine rings is 1. The molecule has 0 aliphatic carbocycles. The van der Waals surface area contributed by atoms with Gasteiger partial charge in [0.25, 0.3) is 0 Å². The Morgan fingerprint density at radius 1 is 1.36 bits per heavy atom. The van der Waals surface area contributed by atoms with Gasteiger partial charge < -0.3 is 15.2 Å². The molecule has 1 aromatic carbocycles. The van der Waals surface area contributed by atoms with Gasteiger partial charge in [0.05, 0.1) is 25.0 Å². The molecule has 136 valence electrons. The molecular weight excluding hydrogens is 358 g/mol. The molecule has 0 spiro atoms. The largest absolute Gasteiger partial charge is 0.391 e. The molecule has 1 unspecified atom stereocenters. The molecule has 5 nitrogen and oxygen atoms in total. The van der Waals surface area contributed by atoms with Gasteiger partial charge in [-0.25, -0.2) is 0 Å². The van der Waals surface area contributed by atoms with Crippen LogP contribution in [0.15, 0.2) is 29.2 Å². The third-order valence-corrected chi connectivity index (χ3v) is 5.44. The van der Waals surface area contributed by atoms with Crippen LogP contribution in [0, 0.1) is 11.3 Å². The fourth-order valence-electron chi connectivity index (χ4n) is 3.08. The molecule has 3 rings (SSSR count). The summed E-state index contributed by atoms with van der Waals surface area (Å²) in [5.74, 6) is 0.521. The van der Waals surface area contributed by atoms with Crippen molar-refractivity contribution in [3.05, 3.63) is 40.3 Å². The molecule has 1 fully saturated rings. The summed E-state index contributed by atoms with van der Waals surface area (Å²) in [5.41, 5.74) is 3.28. The zero-order valence-electron chi connectivity index (χ0n) is 14.1. The van der Waals surface area contributed by atoms with E-state index in [9.17, 15) is 10.4 Å². The summed E-state index contributed by atoms with van der Waals surface area (Å²) in [4.78, 5) is 2.87. The Hall–Kier alpha value is -1.23. The quantitative estimate of drug-likeness (QED) is 0.759. The Morgan fingerprint density at radius 3 is 2.88 bits per heavy atom. The van der Waals surface area contributed by atoms with E-state index in [1.807, 2.05) is 12.1 Å². The lowest BCUT2D eigenvalue weighted by atomic mass is 9.98. The molecule has 0 radical (unpaired) electrons. The lowest BCUT2D eigenvalue weighted by Crippen LogP contribution is -2.41. The Labute approximate surface area is 159 Å². The first-order valence-electron chi connectivity index (χ1n) is 8.35. The highest BCUT2D eigenvalue weighted by Crippen LogP contribution is 2.30. The Balaban J connectivity index is 0.00000225. The third-order valence-electron chi connectivity index (χ3n) is 4.30. The maximum atomic E-state index is 10.3. The van der Waals surface area contributed by atoms with Gasteiger partial charge in [0.2, 0.25) is 0 Å². The van der Waals surface area contributed by atoms with E-state index in [1.54, 1.807) is 0 Å². The average Bonchev–Trinajstić information content (AvgIpc) is 2.63. The van der Waals surface area contributed by atoms with E-state index in [1.165, 1.54) is 17.3 Å². The first-order chi connectivity index (χ1) is 11.8. The van der Waals surface area contributed by atoms with E-state index in [0.717, 1.165) is 50.5 Å². The second-order valence-electron chi connectivity index (χ2n) is 6.03. The van der Waals surface area contributed by atoms with Crippen molar-refractivity contribution in [3.8, 4) is 6.07 Å². The van der Waals surface area contributed by atoms with Gasteiger partial charge in [0, 0.05) is 37.5 Å². The third kappa shape index (κ3) is 5.37. The molecule has 0 amide bonds. The lowest BCUT2D eigenvalue weighted by Gasteiger charge is -2.28. The molecule has 7 heteroatoms. The molecule has 2 aliphatic heterocycles. The number of halogens is 1. The molecule has 0 bridgehead atoms. The molecule has 2 N–H and O–H groups in total. The van der Waals surface area contributed by atoms with E-state index in [0.29, 0.717) is 17.2 Å². The molecule has 0 aromatic heterocycles. The number of aliphatic hydroxyl groups is 1. The monoisotopic (exact) mass is 381 g/mol. The predicted octanol–water partition coefficient (Wildman–Crippen LogP) is 1.87. The van der Waals surface area contributed by atoms with Crippen LogP contribution >= 0.6 is 24.2 Å². The topological polar surface area (TPSA) is 68.5 Å². The van der Waals surface area contributed by atoms with Gasteiger partial charge in [0.1, 0.15) is 11.0 Å². The number of β-amino-alcohol motifs (C(OH)–C–C–N with tert-alkyl or cyclic N) is 1. The minimum atomic E-state index is -0.448. The number of nitrogens with zero attached hydrogens (tertiary/aromatic N) is 2. The SMILES string of the molecule is Cl.N#CC(SCC(O)CN1CCOCC1)=C1NCCc2ccccc21. The van der Waals surface area contributed by atoms with Gasteiger partial charge in [-0.1, -0.05) is 24.3 Å². The predicted molar refractivity (Wildman–Crippen MR) is 104 cm³/mol. The first-order valence-corrected chi connectivity index (χ1v) is 9.34. The number of fused-ring (bicyclic) bond motifs is 1. The minimum absolute atomic E-state index is 0. The maximum absolute atomic E-state index is 10.3. The van der Waals surface area contributed by atoms with E-state index in [2.05, 4.69) is 28.4 Å². The van der Waals surface area contributed by atoms with Crippen molar-refractivity contribution in [1.82, 2.24) is 10.2 Å². The van der Waals surface area contributed by atoms with Crippen LogP contribution in [0.2, 0.25) is 0 Å². The molecule has 0 saturated carbocycles. The Morgan fingerprint density at radius 2 is 2.12 bits per heavy atom. The Kier molecular flexibility index (Phi) is 8.07. The van der Waals surface area contributed by atoms with Crippen LogP contribution in [0.25, 0.3) is 5.70 Å². The van der Waals surface area contributed by atoms with Crippen LogP contribution in [0.3, 0.4) is 0 Å². The number of aliphatic hydroxyl groups excluding tert-OH is 1. The fourth-order valence-corrected chi connectivity index (χ4v) is 3.93. The van der Waals surface area contributed by atoms with Crippen LogP contribution in [-0.2, 0) is 11.2 Å². The normalized spacial score (nSPS) is 20.5. The van der Waals surface area contributed by atoms with Crippen molar-refractivity contribution in [2.45, 2.75) is 12.5 Å². The highest BCUT2D eigenvalue weighted by molar-refractivity contribution is 8.03. The molecule has 25 heavy (non-hydrogen) atoms. The lowest BCUT2D eigenvalue weighted by molar-refractivity contribution is 0.0188. The Bertz CT molecular complexity index is 641.